The summed E-state index contributed by atoms with van der Waals surface area (Å²) in [5, 5.41) is 25.7. The monoisotopic (exact) mass is 700 g/mol. The Hall–Kier alpha value is -6.26. The van der Waals surface area contributed by atoms with Crippen molar-refractivity contribution in [3.05, 3.63) is 150 Å². The maximum Gasteiger partial charge on any atom is 0.116 e. The highest BCUT2D eigenvalue weighted by Gasteiger charge is 2.41. The molecule has 0 saturated heterocycles. The van der Waals surface area contributed by atoms with Gasteiger partial charge in [0.2, 0.25) is 0 Å². The molecule has 3 N–H and O–H groups in total. The van der Waals surface area contributed by atoms with Gasteiger partial charge in [-0.25, -0.2) is 0 Å². The minimum atomic E-state index is 0.270. The molecule has 0 fully saturated rings. The average Bonchev–Trinajstić information content (AvgIpc) is 3.72. The molecule has 7 aromatic carbocycles. The number of nitrogens with zero attached hydrogens (tertiary/aromatic N) is 1. The second kappa shape index (κ2) is 11.1. The molecule has 2 heterocycles. The van der Waals surface area contributed by atoms with Gasteiger partial charge in [-0.3, -0.25) is 0 Å². The van der Waals surface area contributed by atoms with Crippen molar-refractivity contribution in [1.29, 1.82) is 0 Å². The number of phenolic OH excluding ortho intramolecular Hbond substituents is 2. The highest BCUT2D eigenvalue weighted by Crippen LogP contribution is 2.61. The molecular weight excluding hydrogens is 661 g/mol. The fraction of sp³-hybridized carbons (Fsp3) is 0.160. The van der Waals surface area contributed by atoms with E-state index in [4.69, 9.17) is 0 Å². The normalized spacial score (nSPS) is 18.9. The smallest absolute Gasteiger partial charge is 0.116 e. The minimum Gasteiger partial charge on any atom is -0.508 e. The largest absolute Gasteiger partial charge is 0.508 e. The Labute approximate surface area is 314 Å². The van der Waals surface area contributed by atoms with Gasteiger partial charge in [0.15, 0.2) is 0 Å². The van der Waals surface area contributed by atoms with Crippen LogP contribution in [0.3, 0.4) is 0 Å². The Morgan fingerprint density at radius 3 is 1.72 bits per heavy atom. The molecule has 0 radical (unpaired) electrons. The summed E-state index contributed by atoms with van der Waals surface area (Å²) in [5.41, 5.74) is 18.9. The lowest BCUT2D eigenvalue weighted by Gasteiger charge is -2.41. The SMILES string of the molecule is CC1c2cc3c4cc(-c5cccc(O)c5)ccc4n(-c4ccccc4)c3c3c2-c2c(cc4c([nH]c5ccc(-c6cccc(O)c6)cc54)c2C1C)C(C)C3C. The van der Waals surface area contributed by atoms with Gasteiger partial charge < -0.3 is 19.8 Å². The summed E-state index contributed by atoms with van der Waals surface area (Å²) in [6.07, 6.45) is 0. The number of phenols is 2. The molecule has 2 aliphatic rings. The predicted octanol–water partition coefficient (Wildman–Crippen LogP) is 13.3. The summed E-state index contributed by atoms with van der Waals surface area (Å²) in [6.45, 7) is 9.72. The zero-order valence-corrected chi connectivity index (χ0v) is 30.8. The Kier molecular flexibility index (Phi) is 6.45. The van der Waals surface area contributed by atoms with Crippen LogP contribution in [0.1, 0.15) is 73.6 Å². The molecule has 262 valence electrons. The van der Waals surface area contributed by atoms with E-state index < -0.39 is 0 Å². The molecule has 0 aliphatic heterocycles. The molecule has 4 unspecified atom stereocenters. The number of benzene rings is 7. The van der Waals surface area contributed by atoms with Gasteiger partial charge in [-0.05, 0) is 152 Å². The van der Waals surface area contributed by atoms with Crippen molar-refractivity contribution in [2.24, 2.45) is 0 Å². The van der Waals surface area contributed by atoms with Crippen LogP contribution in [0.15, 0.2) is 127 Å². The van der Waals surface area contributed by atoms with E-state index in [-0.39, 0.29) is 17.4 Å². The summed E-state index contributed by atoms with van der Waals surface area (Å²) in [6, 6.07) is 44.4. The van der Waals surface area contributed by atoms with Gasteiger partial charge in [0.1, 0.15) is 11.5 Å². The van der Waals surface area contributed by atoms with Crippen LogP contribution in [0.4, 0.5) is 0 Å². The summed E-state index contributed by atoms with van der Waals surface area (Å²) in [7, 11) is 0. The first-order valence-corrected chi connectivity index (χ1v) is 19.2. The van der Waals surface area contributed by atoms with E-state index in [0.29, 0.717) is 17.8 Å². The summed E-state index contributed by atoms with van der Waals surface area (Å²) >= 11 is 0. The number of nitrogens with one attached hydrogen (secondary N) is 1. The number of aromatic amines is 1. The average molecular weight is 701 g/mol. The summed E-state index contributed by atoms with van der Waals surface area (Å²) in [5.74, 6) is 1.71. The molecule has 0 amide bonds. The molecule has 4 nitrogen and oxygen atoms in total. The van der Waals surface area contributed by atoms with E-state index >= 15 is 0 Å². The number of aromatic hydroxyl groups is 2. The molecular formula is C50H40N2O2. The van der Waals surface area contributed by atoms with E-state index in [1.807, 2.05) is 24.3 Å². The second-order valence-electron chi connectivity index (χ2n) is 15.9. The lowest BCUT2D eigenvalue weighted by Crippen LogP contribution is -2.23. The fourth-order valence-electron chi connectivity index (χ4n) is 10.1. The van der Waals surface area contributed by atoms with Crippen LogP contribution >= 0.6 is 0 Å². The van der Waals surface area contributed by atoms with E-state index in [1.54, 1.807) is 12.1 Å². The Balaban J connectivity index is 1.24. The number of H-pyrrole nitrogens is 1. The van der Waals surface area contributed by atoms with Crippen LogP contribution in [0.25, 0.3) is 82.7 Å². The molecule has 4 heteroatoms. The molecule has 2 aliphatic carbocycles. The zero-order chi connectivity index (χ0) is 36.6. The van der Waals surface area contributed by atoms with Crippen LogP contribution in [0, 0.1) is 0 Å². The van der Waals surface area contributed by atoms with Gasteiger partial charge in [0, 0.05) is 32.7 Å². The number of fused-ring (bicyclic) bond motifs is 8. The van der Waals surface area contributed by atoms with Crippen molar-refractivity contribution in [2.45, 2.75) is 51.4 Å². The molecule has 0 spiro atoms. The predicted molar refractivity (Wildman–Crippen MR) is 223 cm³/mol. The van der Waals surface area contributed by atoms with Gasteiger partial charge in [-0.15, -0.1) is 0 Å². The molecule has 54 heavy (non-hydrogen) atoms. The van der Waals surface area contributed by atoms with E-state index in [0.717, 1.165) is 33.5 Å². The number of para-hydroxylation sites is 1. The third-order valence-electron chi connectivity index (χ3n) is 13.1. The molecule has 2 aromatic heterocycles. The zero-order valence-electron chi connectivity index (χ0n) is 30.8. The van der Waals surface area contributed by atoms with Crippen molar-refractivity contribution < 1.29 is 10.2 Å². The van der Waals surface area contributed by atoms with E-state index in [9.17, 15) is 10.2 Å². The first-order chi connectivity index (χ1) is 26.3. The van der Waals surface area contributed by atoms with Gasteiger partial charge in [-0.1, -0.05) is 82.3 Å². The molecule has 0 saturated carbocycles. The first-order valence-electron chi connectivity index (χ1n) is 19.2. The molecule has 0 bridgehead atoms. The van der Waals surface area contributed by atoms with Crippen molar-refractivity contribution in [2.75, 3.05) is 0 Å². The Bertz CT molecular complexity index is 3040. The summed E-state index contributed by atoms with van der Waals surface area (Å²) < 4.78 is 2.51. The van der Waals surface area contributed by atoms with E-state index in [2.05, 4.69) is 128 Å². The molecule has 9 aromatic rings. The number of hydrogen-bond donors (Lipinski definition) is 3. The standard InChI is InChI=1S/C50H40N2O2/c1-26-28(3)45-47-37(24-41-39-22-32(16-18-43(39)51-49(41)45)30-10-8-14-35(53)20-30)27(2)29(4)46-48(47)38(26)25-42-40-23-33(31-11-9-15-36(54)21-31)17-19-44(40)52(50(42)46)34-12-6-5-7-13-34/h5-29,51,53-54H,1-4H3. The number of hydrogen-bond acceptors (Lipinski definition) is 2. The van der Waals surface area contributed by atoms with Gasteiger partial charge in [0.05, 0.1) is 16.6 Å². The number of rotatable bonds is 3. The Morgan fingerprint density at radius 1 is 0.481 bits per heavy atom. The highest BCUT2D eigenvalue weighted by atomic mass is 16.3. The van der Waals surface area contributed by atoms with Gasteiger partial charge >= 0.3 is 0 Å². The van der Waals surface area contributed by atoms with Gasteiger partial charge in [-0.2, -0.15) is 0 Å². The van der Waals surface area contributed by atoms with Crippen molar-refractivity contribution >= 4 is 43.6 Å². The van der Waals surface area contributed by atoms with Crippen LogP contribution in [0.5, 0.6) is 11.5 Å². The van der Waals surface area contributed by atoms with Crippen LogP contribution < -0.4 is 0 Å². The number of aromatic nitrogens is 2. The minimum absolute atomic E-state index is 0.270. The van der Waals surface area contributed by atoms with Crippen LogP contribution in [-0.2, 0) is 0 Å². The third-order valence-corrected chi connectivity index (χ3v) is 13.1. The third kappa shape index (κ3) is 4.19. The van der Waals surface area contributed by atoms with E-state index in [1.165, 1.54) is 71.5 Å². The van der Waals surface area contributed by atoms with Crippen LogP contribution in [0.2, 0.25) is 0 Å². The Morgan fingerprint density at radius 2 is 1.06 bits per heavy atom. The quantitative estimate of drug-likeness (QED) is 0.172. The maximum atomic E-state index is 10.4. The second-order valence-corrected chi connectivity index (χ2v) is 15.9. The topological polar surface area (TPSA) is 61.2 Å². The lowest BCUT2D eigenvalue weighted by atomic mass is 9.62. The fourth-order valence-corrected chi connectivity index (χ4v) is 10.1. The maximum absolute atomic E-state index is 10.4. The molecule has 11 rings (SSSR count). The van der Waals surface area contributed by atoms with Crippen molar-refractivity contribution in [1.82, 2.24) is 9.55 Å². The van der Waals surface area contributed by atoms with Crippen molar-refractivity contribution in [3.63, 3.8) is 0 Å². The van der Waals surface area contributed by atoms with Gasteiger partial charge in [0.25, 0.3) is 0 Å². The molecule has 4 atom stereocenters. The highest BCUT2D eigenvalue weighted by molar-refractivity contribution is 6.16. The van der Waals surface area contributed by atoms with Crippen LogP contribution in [-0.4, -0.2) is 19.8 Å². The summed E-state index contributed by atoms with van der Waals surface area (Å²) in [4.78, 5) is 3.92. The van der Waals surface area contributed by atoms with Crippen molar-refractivity contribution in [3.8, 4) is 50.6 Å². The first kappa shape index (κ1) is 31.3. The lowest BCUT2D eigenvalue weighted by molar-refractivity contribution is 0.475.